The van der Waals surface area contributed by atoms with Gasteiger partial charge in [-0.2, -0.15) is 0 Å². The third-order valence-corrected chi connectivity index (χ3v) is 3.20. The highest BCUT2D eigenvalue weighted by atomic mass is 19.1. The van der Waals surface area contributed by atoms with Crippen molar-refractivity contribution in [2.75, 3.05) is 5.32 Å². The molecule has 1 aromatic heterocycles. The lowest BCUT2D eigenvalue weighted by atomic mass is 10.2. The molecule has 1 saturated carbocycles. The SMILES string of the molecule is O=C(NC1CC1)c1cc(NCc2ccc(F)cc2)ncn1. The molecule has 1 fully saturated rings. The molecular weight excluding hydrogens is 271 g/mol. The third kappa shape index (κ3) is 3.75. The molecule has 1 aromatic carbocycles. The van der Waals surface area contributed by atoms with Crippen molar-refractivity contribution in [3.63, 3.8) is 0 Å². The van der Waals surface area contributed by atoms with Crippen molar-refractivity contribution in [1.82, 2.24) is 15.3 Å². The second kappa shape index (κ2) is 5.87. The maximum absolute atomic E-state index is 12.8. The number of carbonyl (C=O) groups is 1. The molecule has 0 unspecified atom stereocenters. The van der Waals surface area contributed by atoms with E-state index in [1.54, 1.807) is 18.2 Å². The zero-order valence-electron chi connectivity index (χ0n) is 11.3. The number of hydrogen-bond donors (Lipinski definition) is 2. The summed E-state index contributed by atoms with van der Waals surface area (Å²) in [6.07, 6.45) is 3.42. The van der Waals surface area contributed by atoms with Crippen molar-refractivity contribution in [2.24, 2.45) is 0 Å². The summed E-state index contributed by atoms with van der Waals surface area (Å²) in [6, 6.07) is 8.12. The van der Waals surface area contributed by atoms with Crippen molar-refractivity contribution in [1.29, 1.82) is 0 Å². The standard InChI is InChI=1S/C15H15FN4O/c16-11-3-1-10(2-4-11)8-17-14-7-13(18-9-19-14)15(21)20-12-5-6-12/h1-4,7,9,12H,5-6,8H2,(H,20,21)(H,17,18,19). The van der Waals surface area contributed by atoms with Gasteiger partial charge in [0.2, 0.25) is 0 Å². The van der Waals surface area contributed by atoms with Crippen LogP contribution < -0.4 is 10.6 Å². The molecular formula is C15H15FN4O. The van der Waals surface area contributed by atoms with Crippen LogP contribution in [0, 0.1) is 5.82 Å². The Morgan fingerprint density at radius 1 is 1.24 bits per heavy atom. The fourth-order valence-electron chi connectivity index (χ4n) is 1.86. The summed E-state index contributed by atoms with van der Waals surface area (Å²) in [5.74, 6) is 0.125. The smallest absolute Gasteiger partial charge is 0.270 e. The lowest BCUT2D eigenvalue weighted by Gasteiger charge is -2.07. The van der Waals surface area contributed by atoms with Gasteiger partial charge < -0.3 is 10.6 Å². The van der Waals surface area contributed by atoms with E-state index < -0.39 is 0 Å². The van der Waals surface area contributed by atoms with Gasteiger partial charge in [0.1, 0.15) is 23.7 Å². The Morgan fingerprint density at radius 2 is 2.00 bits per heavy atom. The topological polar surface area (TPSA) is 66.9 Å². The molecule has 6 heteroatoms. The Bertz CT molecular complexity index is 640. The van der Waals surface area contributed by atoms with Gasteiger partial charge in [-0.15, -0.1) is 0 Å². The Labute approximate surface area is 121 Å². The summed E-state index contributed by atoms with van der Waals surface area (Å²) in [5, 5.41) is 5.97. The van der Waals surface area contributed by atoms with Crippen LogP contribution >= 0.6 is 0 Å². The van der Waals surface area contributed by atoms with Crippen molar-refractivity contribution in [2.45, 2.75) is 25.4 Å². The van der Waals surface area contributed by atoms with E-state index in [4.69, 9.17) is 0 Å². The third-order valence-electron chi connectivity index (χ3n) is 3.20. The Morgan fingerprint density at radius 3 is 2.71 bits per heavy atom. The number of benzene rings is 1. The molecule has 108 valence electrons. The number of nitrogens with one attached hydrogen (secondary N) is 2. The van der Waals surface area contributed by atoms with Crippen LogP contribution in [0.1, 0.15) is 28.9 Å². The predicted octanol–water partition coefficient (Wildman–Crippen LogP) is 2.12. The molecule has 3 rings (SSSR count). The lowest BCUT2D eigenvalue weighted by Crippen LogP contribution is -2.26. The molecule has 2 N–H and O–H groups in total. The fraction of sp³-hybridized carbons (Fsp3) is 0.267. The van der Waals surface area contributed by atoms with Crippen molar-refractivity contribution in [3.05, 3.63) is 53.7 Å². The van der Waals surface area contributed by atoms with Gasteiger partial charge in [-0.25, -0.2) is 14.4 Å². The van der Waals surface area contributed by atoms with E-state index in [1.165, 1.54) is 18.5 Å². The Kier molecular flexibility index (Phi) is 3.77. The molecule has 0 aliphatic heterocycles. The van der Waals surface area contributed by atoms with Gasteiger partial charge >= 0.3 is 0 Å². The Hall–Kier alpha value is -2.50. The molecule has 1 aliphatic rings. The minimum Gasteiger partial charge on any atom is -0.366 e. The van der Waals surface area contributed by atoms with E-state index in [0.29, 0.717) is 24.1 Å². The number of aromatic nitrogens is 2. The first kappa shape index (κ1) is 13.5. The highest BCUT2D eigenvalue weighted by Gasteiger charge is 2.24. The number of hydrogen-bond acceptors (Lipinski definition) is 4. The predicted molar refractivity (Wildman–Crippen MR) is 76.2 cm³/mol. The zero-order valence-corrected chi connectivity index (χ0v) is 11.3. The van der Waals surface area contributed by atoms with E-state index in [1.807, 2.05) is 0 Å². The van der Waals surface area contributed by atoms with Crippen molar-refractivity contribution in [3.8, 4) is 0 Å². The first-order valence-electron chi connectivity index (χ1n) is 6.82. The van der Waals surface area contributed by atoms with E-state index >= 15 is 0 Å². The Balaban J connectivity index is 1.62. The summed E-state index contributed by atoms with van der Waals surface area (Å²) in [7, 11) is 0. The average molecular weight is 286 g/mol. The van der Waals surface area contributed by atoms with Crippen LogP contribution in [-0.2, 0) is 6.54 Å². The number of carbonyl (C=O) groups excluding carboxylic acids is 1. The molecule has 1 heterocycles. The van der Waals surface area contributed by atoms with E-state index in [2.05, 4.69) is 20.6 Å². The quantitative estimate of drug-likeness (QED) is 0.883. The first-order valence-corrected chi connectivity index (χ1v) is 6.82. The minimum atomic E-state index is -0.264. The second-order valence-electron chi connectivity index (χ2n) is 5.02. The van der Waals surface area contributed by atoms with Crippen molar-refractivity contribution >= 4 is 11.7 Å². The lowest BCUT2D eigenvalue weighted by molar-refractivity contribution is 0.0946. The van der Waals surface area contributed by atoms with Crippen LogP contribution in [-0.4, -0.2) is 21.9 Å². The molecule has 21 heavy (non-hydrogen) atoms. The minimum absolute atomic E-state index is 0.176. The highest BCUT2D eigenvalue weighted by molar-refractivity contribution is 5.93. The van der Waals surface area contributed by atoms with Gasteiger partial charge in [0.15, 0.2) is 0 Å². The zero-order chi connectivity index (χ0) is 14.7. The summed E-state index contributed by atoms with van der Waals surface area (Å²) in [4.78, 5) is 19.9. The molecule has 0 spiro atoms. The normalized spacial score (nSPS) is 13.8. The van der Waals surface area contributed by atoms with E-state index in [-0.39, 0.29) is 11.7 Å². The number of halogens is 1. The molecule has 0 saturated heterocycles. The summed E-state index contributed by atoms with van der Waals surface area (Å²) in [5.41, 5.74) is 1.28. The molecule has 5 nitrogen and oxygen atoms in total. The van der Waals surface area contributed by atoms with Crippen LogP contribution in [0.15, 0.2) is 36.7 Å². The van der Waals surface area contributed by atoms with Crippen LogP contribution in [0.25, 0.3) is 0 Å². The van der Waals surface area contributed by atoms with Crippen LogP contribution in [0.5, 0.6) is 0 Å². The molecule has 0 atom stereocenters. The fourth-order valence-corrected chi connectivity index (χ4v) is 1.86. The van der Waals surface area contributed by atoms with Crippen LogP contribution in [0.2, 0.25) is 0 Å². The van der Waals surface area contributed by atoms with Gasteiger partial charge in [0.25, 0.3) is 5.91 Å². The van der Waals surface area contributed by atoms with Gasteiger partial charge in [-0.3, -0.25) is 4.79 Å². The van der Waals surface area contributed by atoms with Crippen LogP contribution in [0.4, 0.5) is 10.2 Å². The molecule has 1 aliphatic carbocycles. The maximum atomic E-state index is 12.8. The summed E-state index contributed by atoms with van der Waals surface area (Å²) in [6.45, 7) is 0.501. The second-order valence-corrected chi connectivity index (χ2v) is 5.02. The van der Waals surface area contributed by atoms with Gasteiger partial charge in [0, 0.05) is 18.7 Å². The molecule has 0 bridgehead atoms. The number of amides is 1. The van der Waals surface area contributed by atoms with E-state index in [9.17, 15) is 9.18 Å². The number of rotatable bonds is 5. The largest absolute Gasteiger partial charge is 0.366 e. The van der Waals surface area contributed by atoms with E-state index in [0.717, 1.165) is 18.4 Å². The molecule has 0 radical (unpaired) electrons. The van der Waals surface area contributed by atoms with Gasteiger partial charge in [-0.05, 0) is 30.5 Å². The van der Waals surface area contributed by atoms with Gasteiger partial charge in [0.05, 0.1) is 0 Å². The molecule has 1 amide bonds. The highest BCUT2D eigenvalue weighted by Crippen LogP contribution is 2.19. The summed E-state index contributed by atoms with van der Waals surface area (Å²) < 4.78 is 12.8. The summed E-state index contributed by atoms with van der Waals surface area (Å²) >= 11 is 0. The molecule has 2 aromatic rings. The maximum Gasteiger partial charge on any atom is 0.270 e. The number of nitrogens with zero attached hydrogens (tertiary/aromatic N) is 2. The van der Waals surface area contributed by atoms with Gasteiger partial charge in [-0.1, -0.05) is 12.1 Å². The monoisotopic (exact) mass is 286 g/mol. The van der Waals surface area contributed by atoms with Crippen LogP contribution in [0.3, 0.4) is 0 Å². The first-order chi connectivity index (χ1) is 10.2. The average Bonchev–Trinajstić information content (AvgIpc) is 3.31. The number of anilines is 1. The van der Waals surface area contributed by atoms with Crippen molar-refractivity contribution < 1.29 is 9.18 Å².